The Kier molecular flexibility index (Phi) is 11.7. The average molecular weight is 569 g/mol. The molecule has 14 heteroatoms. The van der Waals surface area contributed by atoms with Crippen molar-refractivity contribution in [2.24, 2.45) is 9.98 Å². The summed E-state index contributed by atoms with van der Waals surface area (Å²) in [5.41, 5.74) is 7.10. The van der Waals surface area contributed by atoms with Gasteiger partial charge in [0.25, 0.3) is 0 Å². The molecular formula is C25H28N8O4S2. The second-order valence-corrected chi connectivity index (χ2v) is 8.35. The lowest BCUT2D eigenvalue weighted by molar-refractivity contribution is 0.399. The molecule has 0 spiro atoms. The van der Waals surface area contributed by atoms with Gasteiger partial charge in [0.05, 0.1) is 46.0 Å². The Hall–Kier alpha value is -4.66. The number of nitriles is 2. The number of hydrogen-bond acceptors (Lipinski definition) is 10. The van der Waals surface area contributed by atoms with E-state index in [2.05, 4.69) is 20.8 Å². The van der Waals surface area contributed by atoms with Crippen molar-refractivity contribution >= 4 is 46.1 Å². The fourth-order valence-corrected chi connectivity index (χ4v) is 3.71. The van der Waals surface area contributed by atoms with Crippen LogP contribution in [0, 0.1) is 22.9 Å². The molecule has 0 saturated carbocycles. The molecule has 2 aromatic rings. The molecule has 0 radical (unpaired) electrons. The van der Waals surface area contributed by atoms with Crippen molar-refractivity contribution in [1.82, 2.24) is 20.9 Å². The number of methoxy groups -OCH3 is 4. The van der Waals surface area contributed by atoms with Gasteiger partial charge in [0.15, 0.2) is 0 Å². The van der Waals surface area contributed by atoms with Gasteiger partial charge < -0.3 is 18.9 Å². The van der Waals surface area contributed by atoms with Gasteiger partial charge in [0, 0.05) is 14.1 Å². The number of hydrogen-bond donors (Lipinski definition) is 2. The smallest absolute Gasteiger partial charge is 0.207 e. The molecular weight excluding hydrogens is 540 g/mol. The van der Waals surface area contributed by atoms with Crippen molar-refractivity contribution in [1.29, 1.82) is 10.5 Å². The molecule has 0 unspecified atom stereocenters. The molecule has 0 amide bonds. The summed E-state index contributed by atoms with van der Waals surface area (Å²) in [7, 11) is 9.46. The van der Waals surface area contributed by atoms with Crippen LogP contribution in [0.1, 0.15) is 17.5 Å². The van der Waals surface area contributed by atoms with E-state index in [-0.39, 0.29) is 18.1 Å². The van der Waals surface area contributed by atoms with Crippen LogP contribution in [0.25, 0.3) is 0 Å². The second kappa shape index (κ2) is 14.9. The summed E-state index contributed by atoms with van der Waals surface area (Å²) in [6.07, 6.45) is 3.43. The molecule has 0 fully saturated rings. The highest BCUT2D eigenvalue weighted by atomic mass is 32.1. The first kappa shape index (κ1) is 30.6. The molecule has 0 heterocycles. The first-order valence-corrected chi connectivity index (χ1v) is 12.0. The standard InChI is InChI=1S/C25H28N8O4S2/c1-32(24(38)18-11-16(34-3)7-9-20(18)36-5)30-22(28-14-26)13-23(29-15-27)31-33(2)25(39)19-12-17(35-4)8-10-21(19)37-6/h7-12H,13H2,1-6H3,(H,28,30)(H,29,31). The van der Waals surface area contributed by atoms with E-state index in [4.69, 9.17) is 43.4 Å². The maximum absolute atomic E-state index is 9.28. The number of nitrogens with zero attached hydrogens (tertiary/aromatic N) is 6. The van der Waals surface area contributed by atoms with E-state index >= 15 is 0 Å². The van der Waals surface area contributed by atoms with E-state index in [1.54, 1.807) is 77.1 Å². The molecule has 2 rings (SSSR count). The molecule has 0 aliphatic heterocycles. The van der Waals surface area contributed by atoms with Gasteiger partial charge in [-0.15, -0.1) is 0 Å². The molecule has 2 aromatic carbocycles. The van der Waals surface area contributed by atoms with Crippen molar-refractivity contribution < 1.29 is 18.9 Å². The maximum atomic E-state index is 9.28. The van der Waals surface area contributed by atoms with Crippen LogP contribution in [0.15, 0.2) is 46.4 Å². The predicted molar refractivity (Wildman–Crippen MR) is 155 cm³/mol. The Balaban J connectivity index is 2.23. The summed E-state index contributed by atoms with van der Waals surface area (Å²) < 4.78 is 21.4. The van der Waals surface area contributed by atoms with Gasteiger partial charge in [0.2, 0.25) is 12.4 Å². The van der Waals surface area contributed by atoms with Crippen molar-refractivity contribution in [2.45, 2.75) is 6.42 Å². The lowest BCUT2D eigenvalue weighted by Gasteiger charge is -2.26. The average Bonchev–Trinajstić information content (AvgIpc) is 2.95. The number of hydrazine groups is 2. The highest BCUT2D eigenvalue weighted by Gasteiger charge is 2.19. The zero-order chi connectivity index (χ0) is 28.9. The minimum Gasteiger partial charge on any atom is -0.497 e. The number of ether oxygens (including phenoxy) is 4. The van der Waals surface area contributed by atoms with Gasteiger partial charge in [-0.05, 0) is 36.4 Å². The Bertz CT molecular complexity index is 1250. The summed E-state index contributed by atoms with van der Waals surface area (Å²) in [4.78, 5) is 8.35. The molecule has 12 nitrogen and oxygen atoms in total. The van der Waals surface area contributed by atoms with Crippen LogP contribution in [-0.4, -0.2) is 74.2 Å². The third-order valence-electron chi connectivity index (χ3n) is 5.18. The van der Waals surface area contributed by atoms with Crippen LogP contribution in [-0.2, 0) is 0 Å². The van der Waals surface area contributed by atoms with E-state index in [0.717, 1.165) is 0 Å². The first-order valence-electron chi connectivity index (χ1n) is 11.2. The summed E-state index contributed by atoms with van der Waals surface area (Å²) in [5.74, 6) is 2.56. The highest BCUT2D eigenvalue weighted by Crippen LogP contribution is 2.26. The molecule has 0 aromatic heterocycles. The zero-order valence-electron chi connectivity index (χ0n) is 22.3. The molecule has 0 atom stereocenters. The summed E-state index contributed by atoms with van der Waals surface area (Å²) in [6, 6.07) is 10.4. The number of nitrogens with one attached hydrogen (secondary N) is 2. The van der Waals surface area contributed by atoms with E-state index in [1.807, 2.05) is 0 Å². The number of thiocarbonyl (C=S) groups is 2. The lowest BCUT2D eigenvalue weighted by Crippen LogP contribution is -2.47. The van der Waals surface area contributed by atoms with Gasteiger partial charge in [-0.25, -0.2) is 0 Å². The Morgan fingerprint density at radius 2 is 1.13 bits per heavy atom. The van der Waals surface area contributed by atoms with E-state index in [1.165, 1.54) is 24.2 Å². The Labute approximate surface area is 238 Å². The minimum atomic E-state index is -0.0640. The number of rotatable bonds is 8. The van der Waals surface area contributed by atoms with Crippen LogP contribution in [0.4, 0.5) is 0 Å². The summed E-state index contributed by atoms with van der Waals surface area (Å²) >= 11 is 11.2. The maximum Gasteiger partial charge on any atom is 0.207 e. The van der Waals surface area contributed by atoms with Crippen molar-refractivity contribution in [3.05, 3.63) is 47.5 Å². The summed E-state index contributed by atoms with van der Waals surface area (Å²) in [6.45, 7) is 0. The summed E-state index contributed by atoms with van der Waals surface area (Å²) in [5, 5.41) is 21.5. The van der Waals surface area contributed by atoms with Crippen LogP contribution in [0.2, 0.25) is 0 Å². The van der Waals surface area contributed by atoms with Crippen LogP contribution in [0.3, 0.4) is 0 Å². The van der Waals surface area contributed by atoms with Gasteiger partial charge in [0.1, 0.15) is 44.6 Å². The third-order valence-corrected chi connectivity index (χ3v) is 6.17. The molecule has 2 N–H and O–H groups in total. The molecule has 204 valence electrons. The SMILES string of the molecule is COc1ccc(OC)c(C(=S)N(C)NC(CC(=NC#N)NN(C)C(=S)c2cc(OC)ccc2OC)=NC#N)c1. The fourth-order valence-electron chi connectivity index (χ4n) is 3.30. The molecule has 0 aliphatic carbocycles. The van der Waals surface area contributed by atoms with Crippen molar-refractivity contribution in [3.63, 3.8) is 0 Å². The lowest BCUT2D eigenvalue weighted by atomic mass is 10.2. The molecule has 39 heavy (non-hydrogen) atoms. The van der Waals surface area contributed by atoms with Gasteiger partial charge >= 0.3 is 0 Å². The van der Waals surface area contributed by atoms with Gasteiger partial charge in [-0.2, -0.15) is 20.5 Å². The fraction of sp³-hybridized carbons (Fsp3) is 0.280. The largest absolute Gasteiger partial charge is 0.497 e. The molecule has 0 aliphatic rings. The zero-order valence-corrected chi connectivity index (χ0v) is 23.9. The van der Waals surface area contributed by atoms with Crippen LogP contribution < -0.4 is 29.8 Å². The predicted octanol–water partition coefficient (Wildman–Crippen LogP) is 2.79. The molecule has 0 saturated heterocycles. The number of benzene rings is 2. The van der Waals surface area contributed by atoms with Crippen molar-refractivity contribution in [2.75, 3.05) is 42.5 Å². The first-order chi connectivity index (χ1) is 18.7. The minimum absolute atomic E-state index is 0.0640. The highest BCUT2D eigenvalue weighted by molar-refractivity contribution is 7.81. The van der Waals surface area contributed by atoms with E-state index in [0.29, 0.717) is 44.1 Å². The van der Waals surface area contributed by atoms with Gasteiger partial charge in [-0.3, -0.25) is 20.9 Å². The molecule has 0 bridgehead atoms. The van der Waals surface area contributed by atoms with E-state index in [9.17, 15) is 10.5 Å². The quantitative estimate of drug-likeness (QED) is 0.159. The number of aliphatic imine (C=N–C) groups is 2. The normalized spacial score (nSPS) is 10.9. The van der Waals surface area contributed by atoms with Crippen molar-refractivity contribution in [3.8, 4) is 35.4 Å². The second-order valence-electron chi connectivity index (χ2n) is 7.58. The van der Waals surface area contributed by atoms with Crippen LogP contribution >= 0.6 is 24.4 Å². The van der Waals surface area contributed by atoms with Gasteiger partial charge in [-0.1, -0.05) is 24.4 Å². The Morgan fingerprint density at radius 3 is 1.44 bits per heavy atom. The topological polar surface area (TPSA) is 140 Å². The monoisotopic (exact) mass is 568 g/mol. The Morgan fingerprint density at radius 1 is 0.744 bits per heavy atom. The van der Waals surface area contributed by atoms with Crippen LogP contribution in [0.5, 0.6) is 23.0 Å². The van der Waals surface area contributed by atoms with E-state index < -0.39 is 0 Å². The third kappa shape index (κ3) is 8.16. The number of amidine groups is 2.